The molecular weight excluding hydrogens is 432 g/mol. The Bertz CT molecular complexity index is 1230. The Hall–Kier alpha value is -2.98. The highest BCUT2D eigenvalue weighted by Crippen LogP contribution is 2.30. The zero-order valence-electron chi connectivity index (χ0n) is 17.0. The second-order valence-electron chi connectivity index (χ2n) is 7.77. The second-order valence-corrected chi connectivity index (χ2v) is 9.48. The molecule has 3 aromatic rings. The Labute approximate surface area is 185 Å². The maximum absolute atomic E-state index is 13.0. The molecule has 32 heavy (non-hydrogen) atoms. The lowest BCUT2D eigenvalue weighted by molar-refractivity contribution is 0.00883. The van der Waals surface area contributed by atoms with E-state index in [9.17, 15) is 13.2 Å². The number of hydrogen-bond acceptors (Lipinski definition) is 6. The maximum atomic E-state index is 13.0. The first-order valence-electron chi connectivity index (χ1n) is 10.3. The monoisotopic (exact) mass is 454 g/mol. The van der Waals surface area contributed by atoms with E-state index >= 15 is 0 Å². The van der Waals surface area contributed by atoms with Crippen molar-refractivity contribution in [1.82, 2.24) is 4.72 Å². The molecule has 1 amide bonds. The number of anilines is 1. The fraction of sp³-hybridized carbons (Fsp3) is 0.261. The van der Waals surface area contributed by atoms with Crippen LogP contribution in [0.25, 0.3) is 10.8 Å². The van der Waals surface area contributed by atoms with Crippen molar-refractivity contribution in [2.24, 2.45) is 0 Å². The summed E-state index contributed by atoms with van der Waals surface area (Å²) >= 11 is 0. The van der Waals surface area contributed by atoms with Crippen LogP contribution in [0.2, 0.25) is 0 Å². The lowest BCUT2D eigenvalue weighted by Crippen LogP contribution is -2.44. The van der Waals surface area contributed by atoms with Gasteiger partial charge in [0.25, 0.3) is 0 Å². The Morgan fingerprint density at radius 2 is 1.59 bits per heavy atom. The Kier molecular flexibility index (Phi) is 5.56. The van der Waals surface area contributed by atoms with E-state index in [2.05, 4.69) is 10.0 Å². The number of amides is 1. The van der Waals surface area contributed by atoms with E-state index in [1.165, 1.54) is 0 Å². The molecule has 2 aliphatic heterocycles. The number of ether oxygens (including phenoxy) is 3. The van der Waals surface area contributed by atoms with E-state index in [1.54, 1.807) is 42.5 Å². The van der Waals surface area contributed by atoms with Crippen LogP contribution in [-0.2, 0) is 24.2 Å². The highest BCUT2D eigenvalue weighted by Gasteiger charge is 2.50. The standard InChI is InChI=1S/C23H22N2O6S/c26-23(24-17-8-2-1-3-9-17)31-20-14-30-21-19(13-29-22(20)21)25-32(27,28)18-11-10-15-6-4-5-7-16(15)12-18/h1-12,19-22,25H,13-14H2,(H,24,26)/t19-,20-,21-,22+/m0/s1. The molecule has 0 bridgehead atoms. The fourth-order valence-electron chi connectivity index (χ4n) is 4.07. The molecule has 9 heteroatoms. The molecule has 0 unspecified atom stereocenters. The third kappa shape index (κ3) is 4.20. The summed E-state index contributed by atoms with van der Waals surface area (Å²) in [6.07, 6.45) is -2.33. The van der Waals surface area contributed by atoms with E-state index in [1.807, 2.05) is 30.3 Å². The Morgan fingerprint density at radius 3 is 2.41 bits per heavy atom. The van der Waals surface area contributed by atoms with Crippen molar-refractivity contribution in [3.05, 3.63) is 72.8 Å². The summed E-state index contributed by atoms with van der Waals surface area (Å²) in [7, 11) is -3.79. The van der Waals surface area contributed by atoms with Crippen LogP contribution < -0.4 is 10.0 Å². The quantitative estimate of drug-likeness (QED) is 0.615. The lowest BCUT2D eigenvalue weighted by Gasteiger charge is -2.18. The molecule has 2 aliphatic rings. The van der Waals surface area contributed by atoms with Gasteiger partial charge in [-0.1, -0.05) is 48.5 Å². The van der Waals surface area contributed by atoms with Gasteiger partial charge in [-0.25, -0.2) is 17.9 Å². The predicted molar refractivity (Wildman–Crippen MR) is 118 cm³/mol. The van der Waals surface area contributed by atoms with Gasteiger partial charge in [0.05, 0.1) is 24.2 Å². The zero-order valence-corrected chi connectivity index (χ0v) is 17.8. The van der Waals surface area contributed by atoms with Crippen molar-refractivity contribution >= 4 is 32.6 Å². The van der Waals surface area contributed by atoms with Crippen LogP contribution in [0.1, 0.15) is 0 Å². The molecule has 0 saturated carbocycles. The summed E-state index contributed by atoms with van der Waals surface area (Å²) in [5.74, 6) is 0. The first-order valence-corrected chi connectivity index (χ1v) is 11.7. The van der Waals surface area contributed by atoms with Crippen LogP contribution in [-0.4, -0.2) is 52.1 Å². The van der Waals surface area contributed by atoms with Crippen molar-refractivity contribution in [3.63, 3.8) is 0 Å². The number of sulfonamides is 1. The van der Waals surface area contributed by atoms with E-state index in [-0.39, 0.29) is 18.1 Å². The maximum Gasteiger partial charge on any atom is 0.412 e. The summed E-state index contributed by atoms with van der Waals surface area (Å²) in [5, 5.41) is 4.45. The summed E-state index contributed by atoms with van der Waals surface area (Å²) in [6, 6.07) is 20.9. The molecule has 0 aromatic heterocycles. The molecular formula is C23H22N2O6S. The minimum Gasteiger partial charge on any atom is -0.441 e. The summed E-state index contributed by atoms with van der Waals surface area (Å²) in [4.78, 5) is 12.4. The predicted octanol–water partition coefficient (Wildman–Crippen LogP) is 2.90. The van der Waals surface area contributed by atoms with Gasteiger partial charge >= 0.3 is 6.09 Å². The van der Waals surface area contributed by atoms with Crippen LogP contribution in [0.4, 0.5) is 10.5 Å². The minimum atomic E-state index is -3.79. The molecule has 2 fully saturated rings. The lowest BCUT2D eigenvalue weighted by atomic mass is 10.1. The van der Waals surface area contributed by atoms with Crippen molar-refractivity contribution < 1.29 is 27.4 Å². The summed E-state index contributed by atoms with van der Waals surface area (Å²) in [5.41, 5.74) is 0.612. The van der Waals surface area contributed by atoms with Crippen LogP contribution >= 0.6 is 0 Å². The number of nitrogens with one attached hydrogen (secondary N) is 2. The van der Waals surface area contributed by atoms with Crippen LogP contribution in [0.5, 0.6) is 0 Å². The van der Waals surface area contributed by atoms with Crippen LogP contribution in [0.15, 0.2) is 77.7 Å². The molecule has 2 saturated heterocycles. The van der Waals surface area contributed by atoms with Gasteiger partial charge in [-0.2, -0.15) is 0 Å². The first kappa shape index (κ1) is 20.9. The molecule has 0 spiro atoms. The Morgan fingerprint density at radius 1 is 0.875 bits per heavy atom. The number of hydrogen-bond donors (Lipinski definition) is 2. The smallest absolute Gasteiger partial charge is 0.412 e. The zero-order chi connectivity index (χ0) is 22.1. The molecule has 3 aromatic carbocycles. The molecule has 0 aliphatic carbocycles. The average molecular weight is 455 g/mol. The van der Waals surface area contributed by atoms with Gasteiger partial charge in [-0.05, 0) is 35.0 Å². The largest absolute Gasteiger partial charge is 0.441 e. The molecule has 8 nitrogen and oxygen atoms in total. The van der Waals surface area contributed by atoms with E-state index in [0.717, 1.165) is 10.8 Å². The number of para-hydroxylation sites is 1. The Balaban J connectivity index is 1.23. The van der Waals surface area contributed by atoms with Gasteiger partial charge in [0.1, 0.15) is 12.2 Å². The van der Waals surface area contributed by atoms with E-state index in [0.29, 0.717) is 5.69 Å². The molecule has 2 heterocycles. The molecule has 166 valence electrons. The topological polar surface area (TPSA) is 103 Å². The highest BCUT2D eigenvalue weighted by atomic mass is 32.2. The molecule has 4 atom stereocenters. The van der Waals surface area contributed by atoms with Crippen LogP contribution in [0, 0.1) is 0 Å². The summed E-state index contributed by atoms with van der Waals surface area (Å²) < 4.78 is 45.6. The van der Waals surface area contributed by atoms with Crippen molar-refractivity contribution in [1.29, 1.82) is 0 Å². The van der Waals surface area contributed by atoms with Crippen molar-refractivity contribution in [2.75, 3.05) is 18.5 Å². The van der Waals surface area contributed by atoms with Crippen molar-refractivity contribution in [3.8, 4) is 0 Å². The molecule has 0 radical (unpaired) electrons. The van der Waals surface area contributed by atoms with Gasteiger partial charge in [0.2, 0.25) is 10.0 Å². The van der Waals surface area contributed by atoms with Gasteiger partial charge in [0, 0.05) is 5.69 Å². The van der Waals surface area contributed by atoms with Gasteiger partial charge < -0.3 is 14.2 Å². The van der Waals surface area contributed by atoms with Gasteiger partial charge in [-0.3, -0.25) is 5.32 Å². The fourth-order valence-corrected chi connectivity index (χ4v) is 5.34. The van der Waals surface area contributed by atoms with Crippen molar-refractivity contribution in [2.45, 2.75) is 29.2 Å². The van der Waals surface area contributed by atoms with E-state index in [4.69, 9.17) is 14.2 Å². The van der Waals surface area contributed by atoms with Gasteiger partial charge in [-0.15, -0.1) is 0 Å². The van der Waals surface area contributed by atoms with E-state index < -0.39 is 40.5 Å². The number of carbonyl (C=O) groups excluding carboxylic acids is 1. The first-order chi connectivity index (χ1) is 15.5. The third-order valence-electron chi connectivity index (χ3n) is 5.62. The highest BCUT2D eigenvalue weighted by molar-refractivity contribution is 7.89. The average Bonchev–Trinajstić information content (AvgIpc) is 3.37. The van der Waals surface area contributed by atoms with Crippen LogP contribution in [0.3, 0.4) is 0 Å². The number of benzene rings is 3. The number of fused-ring (bicyclic) bond motifs is 2. The van der Waals surface area contributed by atoms with Gasteiger partial charge in [0.15, 0.2) is 6.10 Å². The normalized spacial score (nSPS) is 24.9. The third-order valence-corrected chi connectivity index (χ3v) is 7.11. The summed E-state index contributed by atoms with van der Waals surface area (Å²) in [6.45, 7) is 0.258. The number of rotatable bonds is 5. The minimum absolute atomic E-state index is 0.127. The SMILES string of the molecule is O=C(Nc1ccccc1)O[C@H]1CO[C@@H]2[C@@H]1OC[C@@H]2NS(=O)(=O)c1ccc2ccccc2c1. The second kappa shape index (κ2) is 8.51. The molecule has 5 rings (SSSR count). The molecule has 2 N–H and O–H groups in total. The number of carbonyl (C=O) groups is 1.